The third-order valence-electron chi connectivity index (χ3n) is 5.32. The van der Waals surface area contributed by atoms with Gasteiger partial charge in [-0.3, -0.25) is 24.8 Å². The van der Waals surface area contributed by atoms with E-state index in [1.807, 2.05) is 6.07 Å². The number of H-pyrrole nitrogens is 1. The van der Waals surface area contributed by atoms with E-state index in [2.05, 4.69) is 15.5 Å². The number of nitrogens with one attached hydrogen (secondary N) is 2. The van der Waals surface area contributed by atoms with Crippen LogP contribution in [0.15, 0.2) is 36.0 Å². The first-order valence-corrected chi connectivity index (χ1v) is 10.9. The Morgan fingerprint density at radius 3 is 2.85 bits per heavy atom. The van der Waals surface area contributed by atoms with Gasteiger partial charge >= 0.3 is 0 Å². The maximum absolute atomic E-state index is 12.9. The smallest absolute Gasteiger partial charge is 0.270 e. The van der Waals surface area contributed by atoms with Crippen LogP contribution in [0, 0.1) is 21.4 Å². The van der Waals surface area contributed by atoms with Gasteiger partial charge in [-0.25, -0.2) is 0 Å². The number of thiophene rings is 1. The van der Waals surface area contributed by atoms with Crippen LogP contribution in [0.1, 0.15) is 39.2 Å². The minimum absolute atomic E-state index is 0.101. The molecular weight excluding hydrogens is 444 g/mol. The van der Waals surface area contributed by atoms with Crippen LogP contribution >= 0.6 is 11.3 Å². The summed E-state index contributed by atoms with van der Waals surface area (Å²) >= 11 is 1.31. The average Bonchev–Trinajstić information content (AvgIpc) is 3.41. The fourth-order valence-corrected chi connectivity index (χ4v) is 5.09. The van der Waals surface area contributed by atoms with Gasteiger partial charge in [0.1, 0.15) is 16.6 Å². The predicted octanol–water partition coefficient (Wildman–Crippen LogP) is 3.57. The van der Waals surface area contributed by atoms with E-state index in [-0.39, 0.29) is 11.3 Å². The number of non-ortho nitro benzene ring substituents is 1. The Morgan fingerprint density at radius 1 is 1.33 bits per heavy atom. The number of fused-ring (bicyclic) bond motifs is 1. The Hall–Kier alpha value is -4.30. The summed E-state index contributed by atoms with van der Waals surface area (Å²) in [5.41, 5.74) is 7.74. The molecule has 10 nitrogen and oxygen atoms in total. The lowest BCUT2D eigenvalue weighted by molar-refractivity contribution is -0.384. The van der Waals surface area contributed by atoms with Crippen LogP contribution in [0.5, 0.6) is 0 Å². The molecule has 0 saturated heterocycles. The molecule has 2 heterocycles. The lowest BCUT2D eigenvalue weighted by atomic mass is 9.95. The number of aromatic nitrogens is 2. The molecule has 4 rings (SSSR count). The van der Waals surface area contributed by atoms with E-state index in [9.17, 15) is 25.0 Å². The van der Waals surface area contributed by atoms with Crippen molar-refractivity contribution < 1.29 is 14.5 Å². The van der Waals surface area contributed by atoms with E-state index >= 15 is 0 Å². The maximum atomic E-state index is 12.9. The zero-order valence-electron chi connectivity index (χ0n) is 17.3. The molecule has 0 radical (unpaired) electrons. The van der Waals surface area contributed by atoms with Gasteiger partial charge in [-0.05, 0) is 37.3 Å². The number of rotatable bonds is 6. The van der Waals surface area contributed by atoms with E-state index in [0.29, 0.717) is 27.4 Å². The van der Waals surface area contributed by atoms with Crippen molar-refractivity contribution >= 4 is 39.9 Å². The second-order valence-corrected chi connectivity index (χ2v) is 8.52. The number of primary amides is 1. The molecule has 33 heavy (non-hydrogen) atoms. The van der Waals surface area contributed by atoms with Crippen LogP contribution in [-0.2, 0) is 17.6 Å². The molecule has 3 aromatic rings. The zero-order valence-corrected chi connectivity index (χ0v) is 18.1. The van der Waals surface area contributed by atoms with Crippen molar-refractivity contribution in [2.45, 2.75) is 25.7 Å². The summed E-state index contributed by atoms with van der Waals surface area (Å²) in [6, 6.07) is 7.78. The third kappa shape index (κ3) is 4.37. The monoisotopic (exact) mass is 462 g/mol. The molecule has 166 valence electrons. The number of amides is 2. The molecular formula is C22H18N6O4S. The topological polar surface area (TPSA) is 168 Å². The van der Waals surface area contributed by atoms with Crippen LogP contribution in [0.4, 0.5) is 10.7 Å². The summed E-state index contributed by atoms with van der Waals surface area (Å²) in [6.07, 6.45) is 6.24. The van der Waals surface area contributed by atoms with Gasteiger partial charge in [0.2, 0.25) is 0 Å². The number of aryl methyl sites for hydroxylation is 1. The Labute approximate surface area is 191 Å². The van der Waals surface area contributed by atoms with Crippen molar-refractivity contribution in [3.8, 4) is 17.3 Å². The molecule has 1 aromatic carbocycles. The highest BCUT2D eigenvalue weighted by molar-refractivity contribution is 7.17. The number of aromatic amines is 1. The summed E-state index contributed by atoms with van der Waals surface area (Å²) in [6.45, 7) is 0. The number of benzene rings is 1. The van der Waals surface area contributed by atoms with Crippen molar-refractivity contribution in [2.24, 2.45) is 5.73 Å². The number of nitro groups is 1. The summed E-state index contributed by atoms with van der Waals surface area (Å²) in [5.74, 6) is -1.31. The van der Waals surface area contributed by atoms with Gasteiger partial charge in [-0.15, -0.1) is 11.3 Å². The van der Waals surface area contributed by atoms with Gasteiger partial charge in [0.15, 0.2) is 0 Å². The van der Waals surface area contributed by atoms with Gasteiger partial charge in [0.05, 0.1) is 22.4 Å². The largest absolute Gasteiger partial charge is 0.365 e. The van der Waals surface area contributed by atoms with Gasteiger partial charge in [-0.2, -0.15) is 10.4 Å². The summed E-state index contributed by atoms with van der Waals surface area (Å²) in [7, 11) is 0. The zero-order chi connectivity index (χ0) is 23.5. The van der Waals surface area contributed by atoms with Crippen LogP contribution in [-0.4, -0.2) is 26.9 Å². The summed E-state index contributed by atoms with van der Waals surface area (Å²) in [5, 5.41) is 30.4. The molecule has 2 aromatic heterocycles. The third-order valence-corrected chi connectivity index (χ3v) is 6.53. The van der Waals surface area contributed by atoms with Crippen molar-refractivity contribution in [1.82, 2.24) is 10.2 Å². The van der Waals surface area contributed by atoms with E-state index in [4.69, 9.17) is 5.73 Å². The number of carbonyl (C=O) groups excluding carboxylic acids is 2. The first-order chi connectivity index (χ1) is 15.9. The number of nitrogens with zero attached hydrogens (tertiary/aromatic N) is 3. The molecule has 0 unspecified atom stereocenters. The Morgan fingerprint density at radius 2 is 2.12 bits per heavy atom. The first-order valence-electron chi connectivity index (χ1n) is 10.0. The normalized spacial score (nSPS) is 13.1. The van der Waals surface area contributed by atoms with Crippen LogP contribution in [0.3, 0.4) is 0 Å². The van der Waals surface area contributed by atoms with Gasteiger partial charge in [0.25, 0.3) is 17.5 Å². The molecule has 0 spiro atoms. The second kappa shape index (κ2) is 9.05. The van der Waals surface area contributed by atoms with E-state index < -0.39 is 16.7 Å². The minimum Gasteiger partial charge on any atom is -0.365 e. The number of carbonyl (C=O) groups is 2. The average molecular weight is 462 g/mol. The molecule has 0 atom stereocenters. The van der Waals surface area contributed by atoms with E-state index in [1.165, 1.54) is 41.8 Å². The van der Waals surface area contributed by atoms with Crippen molar-refractivity contribution in [3.05, 3.63) is 67.7 Å². The van der Waals surface area contributed by atoms with Crippen LogP contribution in [0.25, 0.3) is 17.3 Å². The lowest BCUT2D eigenvalue weighted by Crippen LogP contribution is -2.19. The first kappa shape index (κ1) is 21.9. The quantitative estimate of drug-likeness (QED) is 0.219. The van der Waals surface area contributed by atoms with Crippen molar-refractivity contribution in [3.63, 3.8) is 0 Å². The number of hydrogen-bond acceptors (Lipinski definition) is 7. The van der Waals surface area contributed by atoms with Crippen molar-refractivity contribution in [1.29, 1.82) is 5.26 Å². The SMILES string of the molecule is N#CC(=Cc1cn[nH]c1-c1cccc([N+](=O)[O-])c1)C(=O)Nc1sc2c(c1C(N)=O)CCCC2. The summed E-state index contributed by atoms with van der Waals surface area (Å²) in [4.78, 5) is 36.5. The predicted molar refractivity (Wildman–Crippen MR) is 122 cm³/mol. The molecule has 11 heteroatoms. The maximum Gasteiger partial charge on any atom is 0.270 e. The minimum atomic E-state index is -0.690. The van der Waals surface area contributed by atoms with Gasteiger partial charge < -0.3 is 11.1 Å². The fraction of sp³-hybridized carbons (Fsp3) is 0.182. The number of nitrogens with two attached hydrogens (primary N) is 1. The van der Waals surface area contributed by atoms with Gasteiger partial charge in [-0.1, -0.05) is 12.1 Å². The van der Waals surface area contributed by atoms with Crippen LogP contribution in [0.2, 0.25) is 0 Å². The van der Waals surface area contributed by atoms with E-state index in [1.54, 1.807) is 6.07 Å². The lowest BCUT2D eigenvalue weighted by Gasteiger charge is -2.11. The highest BCUT2D eigenvalue weighted by Crippen LogP contribution is 2.38. The van der Waals surface area contributed by atoms with E-state index in [0.717, 1.165) is 36.1 Å². The molecule has 4 N–H and O–H groups in total. The standard InChI is InChI=1S/C22H18N6O4S/c23-10-13(8-14-11-25-27-19(14)12-4-3-5-15(9-12)28(31)32)21(30)26-22-18(20(24)29)16-6-1-2-7-17(16)33-22/h3-5,8-9,11H,1-2,6-7H2,(H2,24,29)(H,25,27)(H,26,30). The number of hydrogen-bond donors (Lipinski definition) is 3. The molecule has 0 aliphatic heterocycles. The molecule has 2 amide bonds. The van der Waals surface area contributed by atoms with Crippen LogP contribution < -0.4 is 11.1 Å². The Bertz CT molecular complexity index is 1350. The molecule has 0 fully saturated rings. The number of nitriles is 1. The Balaban J connectivity index is 1.65. The number of nitro benzene ring substituents is 1. The highest BCUT2D eigenvalue weighted by Gasteiger charge is 2.26. The summed E-state index contributed by atoms with van der Waals surface area (Å²) < 4.78 is 0. The Kier molecular flexibility index (Phi) is 6.01. The number of anilines is 1. The molecule has 0 bridgehead atoms. The van der Waals surface area contributed by atoms with Crippen molar-refractivity contribution in [2.75, 3.05) is 5.32 Å². The fourth-order valence-electron chi connectivity index (χ4n) is 3.80. The van der Waals surface area contributed by atoms with Gasteiger partial charge in [0, 0.05) is 28.1 Å². The molecule has 1 aliphatic carbocycles. The second-order valence-electron chi connectivity index (χ2n) is 7.41. The molecule has 0 saturated carbocycles. The molecule has 1 aliphatic rings. The highest BCUT2D eigenvalue weighted by atomic mass is 32.1.